The molecule has 0 heterocycles. The molecular weight excluding hydrogens is 397 g/mol. The van der Waals surface area contributed by atoms with E-state index in [1.165, 1.54) is 0 Å². The van der Waals surface area contributed by atoms with Gasteiger partial charge in [-0.3, -0.25) is 10.2 Å². The second-order valence-electron chi connectivity index (χ2n) is 6.89. The van der Waals surface area contributed by atoms with Gasteiger partial charge in [-0.2, -0.15) is 0 Å². The van der Waals surface area contributed by atoms with Crippen LogP contribution in [0.25, 0.3) is 0 Å². The third kappa shape index (κ3) is 5.23. The third-order valence-electron chi connectivity index (χ3n) is 3.70. The quantitative estimate of drug-likeness (QED) is 0.560. The first kappa shape index (κ1) is 21.7. The lowest BCUT2D eigenvalue weighted by molar-refractivity contribution is -0.123. The van der Waals surface area contributed by atoms with Gasteiger partial charge in [-0.05, 0) is 35.2 Å². The molecule has 2 rings (SSSR count). The van der Waals surface area contributed by atoms with Gasteiger partial charge in [0.25, 0.3) is 15.9 Å². The van der Waals surface area contributed by atoms with E-state index in [-0.39, 0.29) is 5.41 Å². The number of hydrogen-bond acceptors (Lipinski definition) is 4. The molecule has 0 aromatic heterocycles. The Morgan fingerprint density at radius 2 is 1.61 bits per heavy atom. The number of rotatable bonds is 6. The number of nitrogens with one attached hydrogen (secondary N) is 2. The van der Waals surface area contributed by atoms with E-state index in [4.69, 9.17) is 4.74 Å². The summed E-state index contributed by atoms with van der Waals surface area (Å²) in [5.74, 6) is -5.86. The standard InChI is InChI=1S/C18H19F3N2O4S/c1-18(2,3)11-4-6-12(7-5-11)27-10-15(24)22-23-28(25,26)14-9-8-13(19)16(20)17(14)21/h4-9,23H,10H2,1-3H3,(H,22,24). The predicted molar refractivity (Wildman–Crippen MR) is 95.4 cm³/mol. The molecule has 0 aliphatic heterocycles. The van der Waals surface area contributed by atoms with Crippen molar-refractivity contribution >= 4 is 15.9 Å². The lowest BCUT2D eigenvalue weighted by atomic mass is 9.87. The number of hydrazine groups is 1. The van der Waals surface area contributed by atoms with Crippen LogP contribution in [-0.2, 0) is 20.2 Å². The van der Waals surface area contributed by atoms with Gasteiger partial charge in [-0.25, -0.2) is 21.6 Å². The molecule has 0 radical (unpaired) electrons. The lowest BCUT2D eigenvalue weighted by Crippen LogP contribution is -2.44. The molecule has 0 spiro atoms. The predicted octanol–water partition coefficient (Wildman–Crippen LogP) is 2.79. The van der Waals surface area contributed by atoms with Crippen molar-refractivity contribution in [3.05, 3.63) is 59.4 Å². The highest BCUT2D eigenvalue weighted by Crippen LogP contribution is 2.24. The van der Waals surface area contributed by atoms with Crippen molar-refractivity contribution in [3.63, 3.8) is 0 Å². The zero-order valence-corrected chi connectivity index (χ0v) is 16.2. The Morgan fingerprint density at radius 1 is 1.00 bits per heavy atom. The molecule has 28 heavy (non-hydrogen) atoms. The van der Waals surface area contributed by atoms with Crippen LogP contribution in [0.3, 0.4) is 0 Å². The molecule has 0 saturated carbocycles. The molecule has 1 amide bonds. The lowest BCUT2D eigenvalue weighted by Gasteiger charge is -2.19. The molecule has 2 N–H and O–H groups in total. The molecule has 0 unspecified atom stereocenters. The van der Waals surface area contributed by atoms with Gasteiger partial charge in [-0.15, -0.1) is 4.83 Å². The average Bonchev–Trinajstić information content (AvgIpc) is 2.62. The van der Waals surface area contributed by atoms with Gasteiger partial charge in [0.05, 0.1) is 0 Å². The molecule has 0 aliphatic rings. The zero-order valence-electron chi connectivity index (χ0n) is 15.3. The SMILES string of the molecule is CC(C)(C)c1ccc(OCC(=O)NNS(=O)(=O)c2ccc(F)c(F)c2F)cc1. The van der Waals surface area contributed by atoms with Gasteiger partial charge < -0.3 is 4.74 Å². The molecule has 0 atom stereocenters. The van der Waals surface area contributed by atoms with Gasteiger partial charge in [0.15, 0.2) is 24.1 Å². The molecule has 152 valence electrons. The smallest absolute Gasteiger partial charge is 0.272 e. The van der Waals surface area contributed by atoms with Crippen LogP contribution in [0, 0.1) is 17.5 Å². The summed E-state index contributed by atoms with van der Waals surface area (Å²) >= 11 is 0. The maximum atomic E-state index is 13.6. The van der Waals surface area contributed by atoms with Crippen molar-refractivity contribution in [2.24, 2.45) is 0 Å². The van der Waals surface area contributed by atoms with E-state index in [2.05, 4.69) is 0 Å². The molecule has 0 fully saturated rings. The van der Waals surface area contributed by atoms with E-state index in [1.54, 1.807) is 22.4 Å². The number of ether oxygens (including phenoxy) is 1. The Bertz CT molecular complexity index is 972. The first-order valence-electron chi connectivity index (χ1n) is 8.09. The zero-order chi connectivity index (χ0) is 21.1. The summed E-state index contributed by atoms with van der Waals surface area (Å²) in [6.45, 7) is 5.59. The Balaban J connectivity index is 1.94. The minimum atomic E-state index is -4.65. The van der Waals surface area contributed by atoms with E-state index in [0.29, 0.717) is 17.9 Å². The maximum Gasteiger partial charge on any atom is 0.272 e. The summed E-state index contributed by atoms with van der Waals surface area (Å²) in [7, 11) is -4.65. The van der Waals surface area contributed by atoms with E-state index in [1.807, 2.05) is 32.9 Å². The number of hydrogen-bond donors (Lipinski definition) is 2. The maximum absolute atomic E-state index is 13.6. The van der Waals surface area contributed by atoms with Gasteiger partial charge in [-0.1, -0.05) is 32.9 Å². The second-order valence-corrected chi connectivity index (χ2v) is 8.54. The van der Waals surface area contributed by atoms with E-state index >= 15 is 0 Å². The van der Waals surface area contributed by atoms with Crippen LogP contribution in [0.2, 0.25) is 0 Å². The molecule has 2 aromatic rings. The Morgan fingerprint density at radius 3 is 2.18 bits per heavy atom. The fraction of sp³-hybridized carbons (Fsp3) is 0.278. The topological polar surface area (TPSA) is 84.5 Å². The minimum Gasteiger partial charge on any atom is -0.484 e. The van der Waals surface area contributed by atoms with Gasteiger partial charge >= 0.3 is 0 Å². The van der Waals surface area contributed by atoms with E-state index in [9.17, 15) is 26.4 Å². The first-order chi connectivity index (χ1) is 12.9. The summed E-state index contributed by atoms with van der Waals surface area (Å²) in [6, 6.07) is 7.99. The first-order valence-corrected chi connectivity index (χ1v) is 9.57. The number of halogens is 3. The number of sulfonamides is 1. The highest BCUT2D eigenvalue weighted by atomic mass is 32.2. The Labute approximate surface area is 160 Å². The van der Waals surface area contributed by atoms with Crippen molar-refractivity contribution in [3.8, 4) is 5.75 Å². The van der Waals surface area contributed by atoms with Crippen LogP contribution in [0.5, 0.6) is 5.75 Å². The van der Waals surface area contributed by atoms with E-state index in [0.717, 1.165) is 5.56 Å². The highest BCUT2D eigenvalue weighted by Gasteiger charge is 2.24. The molecular formula is C18H19F3N2O4S. The number of amides is 1. The number of carbonyl (C=O) groups excluding carboxylic acids is 1. The minimum absolute atomic E-state index is 0.0523. The summed E-state index contributed by atoms with van der Waals surface area (Å²) in [5, 5.41) is 0. The summed E-state index contributed by atoms with van der Waals surface area (Å²) in [5.41, 5.74) is 2.81. The molecule has 0 saturated heterocycles. The third-order valence-corrected chi connectivity index (χ3v) is 4.97. The fourth-order valence-corrected chi connectivity index (χ4v) is 3.06. The summed E-state index contributed by atoms with van der Waals surface area (Å²) in [4.78, 5) is 12.2. The van der Waals surface area contributed by atoms with Gasteiger partial charge in [0.2, 0.25) is 0 Å². The normalized spacial score (nSPS) is 11.9. The van der Waals surface area contributed by atoms with Gasteiger partial charge in [0, 0.05) is 0 Å². The van der Waals surface area contributed by atoms with Crippen LogP contribution in [-0.4, -0.2) is 20.9 Å². The van der Waals surface area contributed by atoms with Crippen LogP contribution in [0.15, 0.2) is 41.3 Å². The van der Waals surface area contributed by atoms with Crippen molar-refractivity contribution in [2.45, 2.75) is 31.1 Å². The van der Waals surface area contributed by atoms with Crippen LogP contribution in [0.4, 0.5) is 13.2 Å². The molecule has 2 aromatic carbocycles. The number of benzene rings is 2. The summed E-state index contributed by atoms with van der Waals surface area (Å²) in [6.07, 6.45) is 0. The van der Waals surface area contributed by atoms with Crippen molar-refractivity contribution in [2.75, 3.05) is 6.61 Å². The fourth-order valence-electron chi connectivity index (χ4n) is 2.13. The monoisotopic (exact) mass is 416 g/mol. The van der Waals surface area contributed by atoms with Crippen LogP contribution < -0.4 is 15.0 Å². The van der Waals surface area contributed by atoms with Crippen LogP contribution >= 0.6 is 0 Å². The summed E-state index contributed by atoms with van der Waals surface area (Å²) < 4.78 is 68.8. The largest absolute Gasteiger partial charge is 0.484 e. The highest BCUT2D eigenvalue weighted by molar-refractivity contribution is 7.89. The molecule has 0 bridgehead atoms. The van der Waals surface area contributed by atoms with E-state index < -0.39 is 44.9 Å². The molecule has 6 nitrogen and oxygen atoms in total. The average molecular weight is 416 g/mol. The number of carbonyl (C=O) groups is 1. The van der Waals surface area contributed by atoms with Crippen molar-refractivity contribution < 1.29 is 31.1 Å². The van der Waals surface area contributed by atoms with Crippen molar-refractivity contribution in [1.29, 1.82) is 0 Å². The Hall–Kier alpha value is -2.59. The molecule has 10 heteroatoms. The van der Waals surface area contributed by atoms with Crippen LogP contribution in [0.1, 0.15) is 26.3 Å². The Kier molecular flexibility index (Phi) is 6.35. The van der Waals surface area contributed by atoms with Crippen molar-refractivity contribution in [1.82, 2.24) is 10.3 Å². The molecule has 0 aliphatic carbocycles. The second kappa shape index (κ2) is 8.19. The van der Waals surface area contributed by atoms with Gasteiger partial charge in [0.1, 0.15) is 10.6 Å².